The zero-order valence-electron chi connectivity index (χ0n) is 17.1. The molecule has 31 heavy (non-hydrogen) atoms. The Morgan fingerprint density at radius 1 is 0.871 bits per heavy atom. The fourth-order valence-corrected chi connectivity index (χ4v) is 3.56. The summed E-state index contributed by atoms with van der Waals surface area (Å²) in [7, 11) is 0. The number of hydrogen-bond donors (Lipinski definition) is 1. The molecule has 0 aliphatic heterocycles. The van der Waals surface area contributed by atoms with Crippen LogP contribution in [0.2, 0.25) is 0 Å². The summed E-state index contributed by atoms with van der Waals surface area (Å²) in [5, 5.41) is 9.78. The number of hydrogen-bond acceptors (Lipinski definition) is 1. The second kappa shape index (κ2) is 8.92. The van der Waals surface area contributed by atoms with Crippen molar-refractivity contribution < 1.29 is 27.5 Å². The van der Waals surface area contributed by atoms with Gasteiger partial charge in [-0.1, -0.05) is 50.2 Å². The molecule has 0 spiro atoms. The highest BCUT2D eigenvalue weighted by molar-refractivity contribution is 5.80. The summed E-state index contributed by atoms with van der Waals surface area (Å²) in [5.41, 5.74) is 2.01. The minimum absolute atomic E-state index is 0.119. The Morgan fingerprint density at radius 2 is 1.48 bits per heavy atom. The van der Waals surface area contributed by atoms with Crippen molar-refractivity contribution >= 4 is 5.97 Å². The molecule has 3 rings (SSSR count). The van der Waals surface area contributed by atoms with E-state index < -0.39 is 29.4 Å². The van der Waals surface area contributed by atoms with E-state index in [1.165, 1.54) is 24.3 Å². The van der Waals surface area contributed by atoms with Crippen molar-refractivity contribution in [1.29, 1.82) is 0 Å². The molecule has 3 aromatic carbocycles. The van der Waals surface area contributed by atoms with Crippen molar-refractivity contribution in [2.45, 2.75) is 32.4 Å². The van der Waals surface area contributed by atoms with Crippen LogP contribution in [0.4, 0.5) is 17.6 Å². The maximum atomic E-state index is 13.8. The molecule has 0 heterocycles. The number of aliphatic carboxylic acids is 1. The molecule has 162 valence electrons. The maximum absolute atomic E-state index is 13.8. The van der Waals surface area contributed by atoms with Gasteiger partial charge in [0.1, 0.15) is 5.82 Å². The predicted molar refractivity (Wildman–Crippen MR) is 112 cm³/mol. The Hall–Kier alpha value is -3.15. The number of halogens is 4. The Bertz CT molecular complexity index is 1070. The molecule has 0 aliphatic carbocycles. The highest BCUT2D eigenvalue weighted by Crippen LogP contribution is 2.35. The fraction of sp³-hybridized carbons (Fsp3) is 0.240. The lowest BCUT2D eigenvalue weighted by Crippen LogP contribution is -2.14. The van der Waals surface area contributed by atoms with Crippen LogP contribution in [0.1, 0.15) is 37.3 Å². The van der Waals surface area contributed by atoms with Gasteiger partial charge in [0.25, 0.3) is 0 Å². The zero-order chi connectivity index (χ0) is 22.8. The number of carboxylic acids is 1. The zero-order valence-corrected chi connectivity index (χ0v) is 17.1. The Labute approximate surface area is 178 Å². The normalized spacial score (nSPS) is 12.7. The summed E-state index contributed by atoms with van der Waals surface area (Å²) in [6.07, 6.45) is -4.05. The van der Waals surface area contributed by atoms with Crippen LogP contribution in [0, 0.1) is 11.7 Å². The molecular weight excluding hydrogens is 408 g/mol. The van der Waals surface area contributed by atoms with Gasteiger partial charge < -0.3 is 5.11 Å². The minimum Gasteiger partial charge on any atom is -0.481 e. The number of carboxylic acid groups (broad SMARTS) is 1. The monoisotopic (exact) mass is 430 g/mol. The third-order valence-corrected chi connectivity index (χ3v) is 5.07. The molecule has 0 fully saturated rings. The first-order valence-corrected chi connectivity index (χ1v) is 9.86. The van der Waals surface area contributed by atoms with Crippen LogP contribution in [-0.4, -0.2) is 11.1 Å². The first-order valence-electron chi connectivity index (χ1n) is 9.86. The second-order valence-electron chi connectivity index (χ2n) is 7.95. The van der Waals surface area contributed by atoms with Gasteiger partial charge in [0.2, 0.25) is 0 Å². The summed E-state index contributed by atoms with van der Waals surface area (Å²) >= 11 is 0. The van der Waals surface area contributed by atoms with Gasteiger partial charge in [-0.25, -0.2) is 4.39 Å². The predicted octanol–water partition coefficient (Wildman–Crippen LogP) is 7.39. The van der Waals surface area contributed by atoms with Crippen molar-refractivity contribution in [3.63, 3.8) is 0 Å². The lowest BCUT2D eigenvalue weighted by molar-refractivity contribution is -0.139. The van der Waals surface area contributed by atoms with Crippen LogP contribution in [0.15, 0.2) is 66.7 Å². The van der Waals surface area contributed by atoms with E-state index in [1.54, 1.807) is 30.3 Å². The smallest absolute Gasteiger partial charge is 0.416 e. The summed E-state index contributed by atoms with van der Waals surface area (Å²) in [5.74, 6) is -2.09. The summed E-state index contributed by atoms with van der Waals surface area (Å²) in [6.45, 7) is 3.84. The lowest BCUT2D eigenvalue weighted by Gasteiger charge is -2.18. The van der Waals surface area contributed by atoms with Gasteiger partial charge >= 0.3 is 12.1 Å². The molecule has 0 saturated carbocycles. The van der Waals surface area contributed by atoms with Gasteiger partial charge in [0.05, 0.1) is 11.5 Å². The van der Waals surface area contributed by atoms with Gasteiger partial charge in [-0.3, -0.25) is 4.79 Å². The van der Waals surface area contributed by atoms with Crippen LogP contribution in [-0.2, 0) is 11.0 Å². The van der Waals surface area contributed by atoms with E-state index in [4.69, 9.17) is 0 Å². The van der Waals surface area contributed by atoms with E-state index in [0.717, 1.165) is 12.1 Å². The van der Waals surface area contributed by atoms with Crippen LogP contribution in [0.5, 0.6) is 0 Å². The summed E-state index contributed by atoms with van der Waals surface area (Å²) in [6, 6.07) is 15.7. The average Bonchev–Trinajstić information content (AvgIpc) is 2.71. The van der Waals surface area contributed by atoms with Crippen molar-refractivity contribution in [3.05, 3.63) is 83.7 Å². The van der Waals surface area contributed by atoms with E-state index in [9.17, 15) is 27.5 Å². The van der Waals surface area contributed by atoms with Gasteiger partial charge in [0.15, 0.2) is 0 Å². The standard InChI is InChI=1S/C25H22F4O2/c1-15(2)10-23(24(30)31)20-12-18(16-6-8-21(9-7-16)25(27,28)29)11-19(13-20)17-4-3-5-22(26)14-17/h3-9,11-15,23H,10H2,1-2H3,(H,30,31). The van der Waals surface area contributed by atoms with Gasteiger partial charge in [0, 0.05) is 0 Å². The van der Waals surface area contributed by atoms with Crippen molar-refractivity contribution in [2.75, 3.05) is 0 Å². The largest absolute Gasteiger partial charge is 0.481 e. The SMILES string of the molecule is CC(C)CC(C(=O)O)c1cc(-c2ccc(C(F)(F)F)cc2)cc(-c2cccc(F)c2)c1. The molecular formula is C25H22F4O2. The third kappa shape index (κ3) is 5.51. The maximum Gasteiger partial charge on any atom is 0.416 e. The molecule has 0 aromatic heterocycles. The average molecular weight is 430 g/mol. The molecule has 1 unspecified atom stereocenters. The summed E-state index contributed by atoms with van der Waals surface area (Å²) in [4.78, 5) is 12.0. The molecule has 0 aliphatic rings. The molecule has 6 heteroatoms. The molecule has 0 saturated heterocycles. The van der Waals surface area contributed by atoms with Crippen molar-refractivity contribution in [1.82, 2.24) is 0 Å². The van der Waals surface area contributed by atoms with E-state index in [-0.39, 0.29) is 5.92 Å². The van der Waals surface area contributed by atoms with E-state index in [1.807, 2.05) is 13.8 Å². The van der Waals surface area contributed by atoms with Crippen LogP contribution < -0.4 is 0 Å². The minimum atomic E-state index is -4.45. The number of carbonyl (C=O) groups is 1. The first kappa shape index (κ1) is 22.5. The molecule has 2 nitrogen and oxygen atoms in total. The molecule has 1 atom stereocenters. The quantitative estimate of drug-likeness (QED) is 0.414. The molecule has 0 bridgehead atoms. The highest BCUT2D eigenvalue weighted by Gasteiger charge is 2.30. The number of benzene rings is 3. The Morgan fingerprint density at radius 3 is 2.00 bits per heavy atom. The fourth-order valence-electron chi connectivity index (χ4n) is 3.56. The number of alkyl halides is 3. The van der Waals surface area contributed by atoms with Crippen molar-refractivity contribution in [3.8, 4) is 22.3 Å². The van der Waals surface area contributed by atoms with E-state index in [0.29, 0.717) is 34.2 Å². The first-order chi connectivity index (χ1) is 14.5. The van der Waals surface area contributed by atoms with Crippen LogP contribution in [0.25, 0.3) is 22.3 Å². The Kier molecular flexibility index (Phi) is 6.48. The highest BCUT2D eigenvalue weighted by atomic mass is 19.4. The van der Waals surface area contributed by atoms with Crippen molar-refractivity contribution in [2.24, 2.45) is 5.92 Å². The molecule has 1 N–H and O–H groups in total. The van der Waals surface area contributed by atoms with E-state index in [2.05, 4.69) is 0 Å². The number of rotatable bonds is 6. The Balaban J connectivity index is 2.16. The molecule has 0 amide bonds. The van der Waals surface area contributed by atoms with Gasteiger partial charge in [-0.05, 0) is 70.5 Å². The van der Waals surface area contributed by atoms with Gasteiger partial charge in [-0.2, -0.15) is 13.2 Å². The lowest BCUT2D eigenvalue weighted by atomic mass is 9.86. The molecule has 3 aromatic rings. The van der Waals surface area contributed by atoms with Gasteiger partial charge in [-0.15, -0.1) is 0 Å². The third-order valence-electron chi connectivity index (χ3n) is 5.07. The summed E-state index contributed by atoms with van der Waals surface area (Å²) < 4.78 is 52.6. The topological polar surface area (TPSA) is 37.3 Å². The molecule has 0 radical (unpaired) electrons. The van der Waals surface area contributed by atoms with Crippen LogP contribution in [0.3, 0.4) is 0 Å². The van der Waals surface area contributed by atoms with Crippen LogP contribution >= 0.6 is 0 Å². The van der Waals surface area contributed by atoms with E-state index >= 15 is 0 Å². The second-order valence-corrected chi connectivity index (χ2v) is 7.95.